The van der Waals surface area contributed by atoms with Crippen molar-refractivity contribution in [3.8, 4) is 44.5 Å². The number of fused-ring (bicyclic) bond motifs is 11. The maximum absolute atomic E-state index is 2.55. The molecule has 3 aliphatic rings. The second-order valence-electron chi connectivity index (χ2n) is 19.6. The molecule has 0 N–H and O–H groups in total. The van der Waals surface area contributed by atoms with E-state index in [-0.39, 0.29) is 10.8 Å². The van der Waals surface area contributed by atoms with E-state index in [1.54, 1.807) is 0 Å². The molecule has 0 bridgehead atoms. The first-order valence-corrected chi connectivity index (χ1v) is 23.4. The Morgan fingerprint density at radius 2 is 0.848 bits per heavy atom. The molecule has 0 amide bonds. The molecule has 0 atom stereocenters. The number of nitrogens with zero attached hydrogens (tertiary/aromatic N) is 1. The van der Waals surface area contributed by atoms with E-state index >= 15 is 0 Å². The quantitative estimate of drug-likeness (QED) is 0.161. The molecule has 0 saturated heterocycles. The van der Waals surface area contributed by atoms with Crippen molar-refractivity contribution in [1.82, 2.24) is 0 Å². The van der Waals surface area contributed by atoms with Crippen molar-refractivity contribution in [3.05, 3.63) is 269 Å². The summed E-state index contributed by atoms with van der Waals surface area (Å²) < 4.78 is 0. The highest BCUT2D eigenvalue weighted by Gasteiger charge is 2.47. The van der Waals surface area contributed by atoms with Crippen LogP contribution in [0.5, 0.6) is 0 Å². The lowest BCUT2D eigenvalue weighted by atomic mass is 9.67. The summed E-state index contributed by atoms with van der Waals surface area (Å²) in [6.45, 7) is 9.52. The molecule has 0 fully saturated rings. The zero-order valence-corrected chi connectivity index (χ0v) is 37.8. The van der Waals surface area contributed by atoms with Crippen LogP contribution in [0.3, 0.4) is 0 Å². The minimum atomic E-state index is -0.527. The summed E-state index contributed by atoms with van der Waals surface area (Å²) in [6, 6.07) is 84.5. The van der Waals surface area contributed by atoms with Gasteiger partial charge >= 0.3 is 0 Å². The predicted molar refractivity (Wildman–Crippen MR) is 276 cm³/mol. The molecular weight excluding hydrogens is 795 g/mol. The first-order valence-electron chi connectivity index (χ1n) is 23.4. The summed E-state index contributed by atoms with van der Waals surface area (Å²) in [5.74, 6) is 0. The lowest BCUT2D eigenvalue weighted by Gasteiger charge is -2.35. The Labute approximate surface area is 388 Å². The second kappa shape index (κ2) is 14.1. The molecule has 13 rings (SSSR count). The molecule has 1 nitrogen and oxygen atoms in total. The second-order valence-corrected chi connectivity index (χ2v) is 19.6. The number of benzene rings is 10. The first kappa shape index (κ1) is 38.7. The summed E-state index contributed by atoms with van der Waals surface area (Å²) in [5.41, 5.74) is 23.6. The van der Waals surface area contributed by atoms with Crippen LogP contribution in [0.15, 0.2) is 224 Å². The summed E-state index contributed by atoms with van der Waals surface area (Å²) in [5, 5.41) is 2.55. The van der Waals surface area contributed by atoms with Crippen molar-refractivity contribution >= 4 is 27.8 Å². The van der Waals surface area contributed by atoms with E-state index in [2.05, 4.69) is 257 Å². The molecule has 0 radical (unpaired) electrons. The van der Waals surface area contributed by atoms with Gasteiger partial charge in [-0.15, -0.1) is 0 Å². The Bertz CT molecular complexity index is 3540. The number of hydrogen-bond donors (Lipinski definition) is 0. The Balaban J connectivity index is 1.07. The van der Waals surface area contributed by atoms with Crippen LogP contribution < -0.4 is 4.90 Å². The first-order chi connectivity index (χ1) is 32.3. The fourth-order valence-corrected chi connectivity index (χ4v) is 12.5. The van der Waals surface area contributed by atoms with Crippen LogP contribution in [0.4, 0.5) is 17.1 Å². The topological polar surface area (TPSA) is 3.24 Å². The van der Waals surface area contributed by atoms with Gasteiger partial charge in [0.15, 0.2) is 0 Å². The monoisotopic (exact) mass is 843 g/mol. The van der Waals surface area contributed by atoms with Crippen LogP contribution in [-0.2, 0) is 16.2 Å². The van der Waals surface area contributed by atoms with Gasteiger partial charge in [0, 0.05) is 27.8 Å². The van der Waals surface area contributed by atoms with Gasteiger partial charge in [0.05, 0.1) is 11.1 Å². The van der Waals surface area contributed by atoms with Crippen molar-refractivity contribution in [3.63, 3.8) is 0 Å². The smallest absolute Gasteiger partial charge is 0.0714 e. The third-order valence-electron chi connectivity index (χ3n) is 15.5. The highest BCUT2D eigenvalue weighted by Crippen LogP contribution is 2.60. The fourth-order valence-electron chi connectivity index (χ4n) is 12.5. The van der Waals surface area contributed by atoms with E-state index in [9.17, 15) is 0 Å². The van der Waals surface area contributed by atoms with Crippen molar-refractivity contribution in [1.29, 1.82) is 0 Å². The molecule has 0 spiro atoms. The molecule has 0 saturated carbocycles. The van der Waals surface area contributed by atoms with Crippen LogP contribution in [0.1, 0.15) is 72.2 Å². The molecule has 0 aromatic heterocycles. The van der Waals surface area contributed by atoms with Gasteiger partial charge in [0.1, 0.15) is 0 Å². The Kier molecular flexibility index (Phi) is 8.28. The molecule has 66 heavy (non-hydrogen) atoms. The van der Waals surface area contributed by atoms with Gasteiger partial charge < -0.3 is 4.90 Å². The SMILES string of the molecule is CC1(C)c2ccccc2-c2cc(-c3ccc(N(c4ccc5c(c4)C(c4ccccc4)(c4ccccc4)c4ccccc4-5)c4cc5ccccc5c5c4-c4ccccc4C5(C)C)cc3)ccc21. The van der Waals surface area contributed by atoms with Gasteiger partial charge in [-0.1, -0.05) is 216 Å². The minimum absolute atomic E-state index is 0.0298. The zero-order valence-electron chi connectivity index (χ0n) is 37.8. The Hall–Kier alpha value is -7.74. The number of hydrogen-bond acceptors (Lipinski definition) is 1. The molecule has 314 valence electrons. The normalized spacial score (nSPS) is 15.0. The van der Waals surface area contributed by atoms with E-state index in [0.717, 1.165) is 11.4 Å². The van der Waals surface area contributed by atoms with Gasteiger partial charge in [-0.2, -0.15) is 0 Å². The van der Waals surface area contributed by atoms with Crippen LogP contribution in [-0.4, -0.2) is 0 Å². The van der Waals surface area contributed by atoms with E-state index in [1.165, 1.54) is 105 Å². The maximum atomic E-state index is 2.55. The highest BCUT2D eigenvalue weighted by atomic mass is 15.1. The van der Waals surface area contributed by atoms with E-state index in [4.69, 9.17) is 0 Å². The molecule has 0 unspecified atom stereocenters. The van der Waals surface area contributed by atoms with E-state index in [1.807, 2.05) is 0 Å². The Morgan fingerprint density at radius 1 is 0.333 bits per heavy atom. The van der Waals surface area contributed by atoms with Crippen molar-refractivity contribution in [2.24, 2.45) is 0 Å². The molecule has 10 aromatic rings. The van der Waals surface area contributed by atoms with Gasteiger partial charge in [0.25, 0.3) is 0 Å². The van der Waals surface area contributed by atoms with E-state index in [0.29, 0.717) is 0 Å². The molecule has 0 heterocycles. The lowest BCUT2D eigenvalue weighted by molar-refractivity contribution is 0.660. The third kappa shape index (κ3) is 5.29. The van der Waals surface area contributed by atoms with Crippen LogP contribution in [0.2, 0.25) is 0 Å². The third-order valence-corrected chi connectivity index (χ3v) is 15.5. The van der Waals surface area contributed by atoms with Gasteiger partial charge in [-0.05, 0) is 131 Å². The highest BCUT2D eigenvalue weighted by molar-refractivity contribution is 6.06. The zero-order chi connectivity index (χ0) is 44.4. The largest absolute Gasteiger partial charge is 0.310 e. The molecular formula is C65H49N. The van der Waals surface area contributed by atoms with Crippen LogP contribution in [0.25, 0.3) is 55.3 Å². The van der Waals surface area contributed by atoms with Crippen LogP contribution >= 0.6 is 0 Å². The molecule has 3 aliphatic carbocycles. The standard InChI is InChI=1S/C65H49N/c1-63(2)55-28-16-13-26-51(55)54-39-43(33-38-57(54)63)42-31-34-47(35-32-42)66(60-40-44-19-11-12-24-49(44)62-61(60)53-27-15-17-29-56(53)64(62,3)4)48-36-37-52-50-25-14-18-30-58(50)65(59(52)41-48,45-20-7-5-8-21-45)46-22-9-6-10-23-46/h5-41H,1-4H3. The predicted octanol–water partition coefficient (Wildman–Crippen LogP) is 17.0. The maximum Gasteiger partial charge on any atom is 0.0714 e. The fraction of sp³-hybridized carbons (Fsp3) is 0.108. The summed E-state index contributed by atoms with van der Waals surface area (Å²) >= 11 is 0. The van der Waals surface area contributed by atoms with E-state index < -0.39 is 5.41 Å². The minimum Gasteiger partial charge on any atom is -0.310 e. The Morgan fingerprint density at radius 3 is 1.55 bits per heavy atom. The van der Waals surface area contributed by atoms with Gasteiger partial charge in [0.2, 0.25) is 0 Å². The molecule has 1 heteroatoms. The average molecular weight is 844 g/mol. The van der Waals surface area contributed by atoms with Gasteiger partial charge in [-0.25, -0.2) is 0 Å². The summed E-state index contributed by atoms with van der Waals surface area (Å²) in [6.07, 6.45) is 0. The molecule has 10 aromatic carbocycles. The summed E-state index contributed by atoms with van der Waals surface area (Å²) in [4.78, 5) is 2.55. The lowest BCUT2D eigenvalue weighted by Crippen LogP contribution is -2.28. The average Bonchev–Trinajstić information content (AvgIpc) is 3.89. The van der Waals surface area contributed by atoms with Gasteiger partial charge in [-0.3, -0.25) is 0 Å². The van der Waals surface area contributed by atoms with Crippen molar-refractivity contribution in [2.45, 2.75) is 43.9 Å². The van der Waals surface area contributed by atoms with Crippen LogP contribution in [0, 0.1) is 0 Å². The summed E-state index contributed by atoms with van der Waals surface area (Å²) in [7, 11) is 0. The molecule has 0 aliphatic heterocycles. The number of rotatable bonds is 6. The van der Waals surface area contributed by atoms with Crippen molar-refractivity contribution < 1.29 is 0 Å². The van der Waals surface area contributed by atoms with Crippen molar-refractivity contribution in [2.75, 3.05) is 4.90 Å². The number of anilines is 3.